The average Bonchev–Trinajstić information content (AvgIpc) is 2.36. The van der Waals surface area contributed by atoms with Crippen molar-refractivity contribution in [3.8, 4) is 5.88 Å². The highest BCUT2D eigenvalue weighted by Gasteiger charge is 2.21. The monoisotopic (exact) mass is 265 g/mol. The number of aryl methyl sites for hydroxylation is 1. The Labute approximate surface area is 117 Å². The first-order valence-electron chi connectivity index (χ1n) is 6.83. The van der Waals surface area contributed by atoms with E-state index in [9.17, 15) is 0 Å². The van der Waals surface area contributed by atoms with E-state index in [0.717, 1.165) is 24.5 Å². The molecule has 0 aliphatic heterocycles. The molecule has 0 amide bonds. The summed E-state index contributed by atoms with van der Waals surface area (Å²) < 4.78 is 5.88. The van der Waals surface area contributed by atoms with Crippen LogP contribution in [0, 0.1) is 0 Å². The Hall–Kier alpha value is -1.13. The maximum Gasteiger partial charge on any atom is 0.213 e. The van der Waals surface area contributed by atoms with Crippen molar-refractivity contribution in [2.24, 2.45) is 0 Å². The lowest BCUT2D eigenvalue weighted by Gasteiger charge is -2.32. The van der Waals surface area contributed by atoms with Crippen LogP contribution in [0.1, 0.15) is 32.0 Å². The van der Waals surface area contributed by atoms with Crippen LogP contribution >= 0.6 is 0 Å². The molecule has 0 bridgehead atoms. The minimum Gasteiger partial charge on any atom is -0.476 e. The van der Waals surface area contributed by atoms with Crippen LogP contribution in [-0.4, -0.2) is 43.2 Å². The summed E-state index contributed by atoms with van der Waals surface area (Å²) in [5.74, 6) is 0.722. The van der Waals surface area contributed by atoms with E-state index in [2.05, 4.69) is 56.1 Å². The summed E-state index contributed by atoms with van der Waals surface area (Å²) in [5, 5.41) is 3.16. The first-order valence-corrected chi connectivity index (χ1v) is 6.83. The molecule has 1 heterocycles. The van der Waals surface area contributed by atoms with E-state index in [1.54, 1.807) is 0 Å². The van der Waals surface area contributed by atoms with Gasteiger partial charge in [0.05, 0.1) is 0 Å². The molecule has 1 N–H and O–H groups in total. The van der Waals surface area contributed by atoms with Gasteiger partial charge in [0.1, 0.15) is 6.61 Å². The lowest BCUT2D eigenvalue weighted by Crippen LogP contribution is -2.43. The molecule has 0 unspecified atom stereocenters. The van der Waals surface area contributed by atoms with Gasteiger partial charge in [-0.3, -0.25) is 0 Å². The largest absolute Gasteiger partial charge is 0.476 e. The highest BCUT2D eigenvalue weighted by Crippen LogP contribution is 2.17. The van der Waals surface area contributed by atoms with Crippen LogP contribution in [0.4, 0.5) is 0 Å². The predicted octanol–water partition coefficient (Wildman–Crippen LogP) is 2.08. The van der Waals surface area contributed by atoms with Gasteiger partial charge in [-0.1, -0.05) is 6.92 Å². The van der Waals surface area contributed by atoms with Gasteiger partial charge in [0, 0.05) is 23.8 Å². The maximum atomic E-state index is 5.88. The highest BCUT2D eigenvalue weighted by molar-refractivity contribution is 5.25. The van der Waals surface area contributed by atoms with Crippen LogP contribution in [0.3, 0.4) is 0 Å². The predicted molar refractivity (Wildman–Crippen MR) is 79.6 cm³/mol. The van der Waals surface area contributed by atoms with Crippen molar-refractivity contribution in [3.63, 3.8) is 0 Å². The van der Waals surface area contributed by atoms with E-state index < -0.39 is 0 Å². The molecule has 0 saturated carbocycles. The molecule has 0 fully saturated rings. The van der Waals surface area contributed by atoms with E-state index in [0.29, 0.717) is 6.61 Å². The number of ether oxygens (including phenoxy) is 1. The third-order valence-corrected chi connectivity index (χ3v) is 3.44. The van der Waals surface area contributed by atoms with Gasteiger partial charge in [-0.05, 0) is 53.0 Å². The van der Waals surface area contributed by atoms with Crippen molar-refractivity contribution in [2.45, 2.75) is 39.3 Å². The van der Waals surface area contributed by atoms with Crippen molar-refractivity contribution in [2.75, 3.05) is 27.7 Å². The average molecular weight is 265 g/mol. The van der Waals surface area contributed by atoms with E-state index >= 15 is 0 Å². The molecule has 108 valence electrons. The Balaban J connectivity index is 2.80. The molecule has 4 nitrogen and oxygen atoms in total. The van der Waals surface area contributed by atoms with Crippen molar-refractivity contribution >= 4 is 0 Å². The molecule has 0 radical (unpaired) electrons. The van der Waals surface area contributed by atoms with Gasteiger partial charge < -0.3 is 15.0 Å². The van der Waals surface area contributed by atoms with Crippen molar-refractivity contribution < 1.29 is 4.74 Å². The quantitative estimate of drug-likeness (QED) is 0.819. The fourth-order valence-electron chi connectivity index (χ4n) is 1.56. The lowest BCUT2D eigenvalue weighted by atomic mass is 10.1. The summed E-state index contributed by atoms with van der Waals surface area (Å²) in [6.45, 7) is 7.89. The minimum absolute atomic E-state index is 0.00688. The minimum atomic E-state index is -0.00688. The van der Waals surface area contributed by atoms with Crippen LogP contribution < -0.4 is 10.1 Å². The number of pyridine rings is 1. The van der Waals surface area contributed by atoms with E-state index in [-0.39, 0.29) is 5.54 Å². The smallest absolute Gasteiger partial charge is 0.213 e. The standard InChI is InChI=1S/C15H27N3O/c1-7-13-8-12(10-16-4)9-14(17-13)19-11-15(2,3)18(5)6/h8-9,16H,7,10-11H2,1-6H3. The Morgan fingerprint density at radius 2 is 2.00 bits per heavy atom. The van der Waals surface area contributed by atoms with Crippen LogP contribution in [-0.2, 0) is 13.0 Å². The molecule has 0 aromatic carbocycles. The molecule has 0 atom stereocenters. The van der Waals surface area contributed by atoms with Crippen LogP contribution in [0.5, 0.6) is 5.88 Å². The summed E-state index contributed by atoms with van der Waals surface area (Å²) in [7, 11) is 6.07. The molecule has 0 saturated heterocycles. The second-order valence-corrected chi connectivity index (χ2v) is 5.68. The Bertz CT molecular complexity index is 402. The number of nitrogens with one attached hydrogen (secondary N) is 1. The zero-order chi connectivity index (χ0) is 14.5. The molecule has 1 rings (SSSR count). The first kappa shape index (κ1) is 15.9. The third kappa shape index (κ3) is 4.80. The van der Waals surface area contributed by atoms with Crippen molar-refractivity contribution in [1.29, 1.82) is 0 Å². The summed E-state index contributed by atoms with van der Waals surface area (Å²) in [4.78, 5) is 6.69. The molecule has 0 spiro atoms. The van der Waals surface area contributed by atoms with Gasteiger partial charge in [-0.15, -0.1) is 0 Å². The Morgan fingerprint density at radius 1 is 1.32 bits per heavy atom. The van der Waals surface area contributed by atoms with Crippen molar-refractivity contribution in [1.82, 2.24) is 15.2 Å². The van der Waals surface area contributed by atoms with Gasteiger partial charge in [0.15, 0.2) is 0 Å². The Morgan fingerprint density at radius 3 is 2.53 bits per heavy atom. The number of hydrogen-bond acceptors (Lipinski definition) is 4. The van der Waals surface area contributed by atoms with Crippen molar-refractivity contribution in [3.05, 3.63) is 23.4 Å². The molecule has 1 aromatic rings. The zero-order valence-corrected chi connectivity index (χ0v) is 13.1. The summed E-state index contributed by atoms with van der Waals surface area (Å²) in [6, 6.07) is 4.14. The van der Waals surface area contributed by atoms with E-state index in [4.69, 9.17) is 4.74 Å². The number of nitrogens with zero attached hydrogens (tertiary/aromatic N) is 2. The fourth-order valence-corrected chi connectivity index (χ4v) is 1.56. The summed E-state index contributed by atoms with van der Waals surface area (Å²) >= 11 is 0. The van der Waals surface area contributed by atoms with Gasteiger partial charge in [0.2, 0.25) is 5.88 Å². The van der Waals surface area contributed by atoms with Crippen LogP contribution in [0.25, 0.3) is 0 Å². The van der Waals surface area contributed by atoms with Crippen LogP contribution in [0.15, 0.2) is 12.1 Å². The van der Waals surface area contributed by atoms with E-state index in [1.165, 1.54) is 5.56 Å². The molecule has 0 aliphatic carbocycles. The zero-order valence-electron chi connectivity index (χ0n) is 13.1. The number of rotatable bonds is 7. The van der Waals surface area contributed by atoms with E-state index in [1.807, 2.05) is 13.1 Å². The number of likely N-dealkylation sites (N-methyl/N-ethyl adjacent to an activating group) is 1. The van der Waals surface area contributed by atoms with Gasteiger partial charge in [0.25, 0.3) is 0 Å². The fraction of sp³-hybridized carbons (Fsp3) is 0.667. The second kappa shape index (κ2) is 6.87. The van der Waals surface area contributed by atoms with Gasteiger partial charge >= 0.3 is 0 Å². The highest BCUT2D eigenvalue weighted by atomic mass is 16.5. The third-order valence-electron chi connectivity index (χ3n) is 3.44. The molecule has 19 heavy (non-hydrogen) atoms. The van der Waals surface area contributed by atoms with Gasteiger partial charge in [-0.25, -0.2) is 4.98 Å². The molecule has 4 heteroatoms. The summed E-state index contributed by atoms with van der Waals surface area (Å²) in [5.41, 5.74) is 2.28. The topological polar surface area (TPSA) is 37.4 Å². The Kier molecular flexibility index (Phi) is 5.76. The molecule has 1 aromatic heterocycles. The number of aromatic nitrogens is 1. The number of hydrogen-bond donors (Lipinski definition) is 1. The van der Waals surface area contributed by atoms with Crippen LogP contribution in [0.2, 0.25) is 0 Å². The molecular weight excluding hydrogens is 238 g/mol. The molecule has 0 aliphatic rings. The maximum absolute atomic E-state index is 5.88. The van der Waals surface area contributed by atoms with Gasteiger partial charge in [-0.2, -0.15) is 0 Å². The second-order valence-electron chi connectivity index (χ2n) is 5.68. The lowest BCUT2D eigenvalue weighted by molar-refractivity contribution is 0.111. The molecular formula is C15H27N3O. The SMILES string of the molecule is CCc1cc(CNC)cc(OCC(C)(C)N(C)C)n1. The first-order chi connectivity index (χ1) is 8.89. The summed E-state index contributed by atoms with van der Waals surface area (Å²) in [6.07, 6.45) is 0.922. The normalized spacial score (nSPS) is 11.9.